The van der Waals surface area contributed by atoms with Crippen molar-refractivity contribution in [3.8, 4) is 0 Å². The molecule has 0 radical (unpaired) electrons. The summed E-state index contributed by atoms with van der Waals surface area (Å²) in [5.41, 5.74) is -0.820. The maximum absolute atomic E-state index is 14.4. The van der Waals surface area contributed by atoms with Crippen LogP contribution in [0.15, 0.2) is 57.7 Å². The van der Waals surface area contributed by atoms with Gasteiger partial charge in [0.2, 0.25) is 5.76 Å². The van der Waals surface area contributed by atoms with Gasteiger partial charge in [-0.25, -0.2) is 8.42 Å². The van der Waals surface area contributed by atoms with E-state index in [9.17, 15) is 22.8 Å². The van der Waals surface area contributed by atoms with Crippen LogP contribution in [0.1, 0.15) is 47.9 Å². The van der Waals surface area contributed by atoms with Crippen LogP contribution in [0.2, 0.25) is 0 Å². The van der Waals surface area contributed by atoms with Gasteiger partial charge in [-0.15, -0.1) is 0 Å². The highest BCUT2D eigenvalue weighted by Gasteiger charge is 2.66. The molecule has 3 aromatic rings. The first-order chi connectivity index (χ1) is 16.8. The highest BCUT2D eigenvalue weighted by Crippen LogP contribution is 2.54. The van der Waals surface area contributed by atoms with Crippen LogP contribution in [0.25, 0.3) is 11.0 Å². The number of benzene rings is 2. The number of amides is 2. The molecular formula is C26H24N2O6S. The molecule has 9 heteroatoms. The van der Waals surface area contributed by atoms with Crippen LogP contribution in [0.4, 0.5) is 5.69 Å². The molecule has 4 heterocycles. The van der Waals surface area contributed by atoms with Crippen molar-refractivity contribution in [3.05, 3.63) is 75.6 Å². The summed E-state index contributed by atoms with van der Waals surface area (Å²) in [5, 5.41) is 0.275. The number of anilines is 1. The van der Waals surface area contributed by atoms with Crippen molar-refractivity contribution < 1.29 is 22.4 Å². The second-order valence-electron chi connectivity index (χ2n) is 9.40. The lowest BCUT2D eigenvalue weighted by molar-refractivity contribution is -0.126. The minimum Gasteiger partial charge on any atom is -0.450 e. The van der Waals surface area contributed by atoms with Gasteiger partial charge in [0.15, 0.2) is 20.8 Å². The molecule has 0 saturated carbocycles. The first-order valence-electron chi connectivity index (χ1n) is 11.8. The van der Waals surface area contributed by atoms with E-state index in [2.05, 4.69) is 0 Å². The number of carbonyl (C=O) groups excluding carboxylic acids is 2. The van der Waals surface area contributed by atoms with E-state index in [1.807, 2.05) is 19.1 Å². The quantitative estimate of drug-likeness (QED) is 0.555. The van der Waals surface area contributed by atoms with E-state index in [0.29, 0.717) is 17.8 Å². The third kappa shape index (κ3) is 2.84. The molecule has 6 rings (SSSR count). The average molecular weight is 493 g/mol. The van der Waals surface area contributed by atoms with Crippen LogP contribution in [0.3, 0.4) is 0 Å². The Morgan fingerprint density at radius 2 is 1.80 bits per heavy atom. The SMILES string of the molecule is CCCCN1C(=O)[C@]2(c3ccccc31)c1c(oc3ccccc3c1=O)C(=O)N2[C@@H]1CCS(=O)(=O)C1. The summed E-state index contributed by atoms with van der Waals surface area (Å²) in [6.07, 6.45) is 1.79. The highest BCUT2D eigenvalue weighted by atomic mass is 32.2. The van der Waals surface area contributed by atoms with E-state index < -0.39 is 38.7 Å². The van der Waals surface area contributed by atoms with Gasteiger partial charge >= 0.3 is 0 Å². The summed E-state index contributed by atoms with van der Waals surface area (Å²) < 4.78 is 30.9. The summed E-state index contributed by atoms with van der Waals surface area (Å²) in [5.74, 6) is -1.55. The van der Waals surface area contributed by atoms with Gasteiger partial charge in [0, 0.05) is 18.2 Å². The topological polar surface area (TPSA) is 105 Å². The summed E-state index contributed by atoms with van der Waals surface area (Å²) >= 11 is 0. The van der Waals surface area contributed by atoms with Crippen LogP contribution in [-0.2, 0) is 20.2 Å². The molecule has 3 aliphatic rings. The summed E-state index contributed by atoms with van der Waals surface area (Å²) in [7, 11) is -3.39. The number of sulfone groups is 1. The Labute approximate surface area is 202 Å². The molecule has 3 aliphatic heterocycles. The lowest BCUT2D eigenvalue weighted by Gasteiger charge is -2.37. The largest absolute Gasteiger partial charge is 0.450 e. The second-order valence-corrected chi connectivity index (χ2v) is 11.6. The molecule has 0 unspecified atom stereocenters. The fourth-order valence-corrected chi connectivity index (χ4v) is 7.57. The molecule has 2 atom stereocenters. The molecule has 2 amide bonds. The van der Waals surface area contributed by atoms with Gasteiger partial charge in [-0.05, 0) is 31.0 Å². The number of fused-ring (bicyclic) bond motifs is 5. The van der Waals surface area contributed by atoms with Crippen molar-refractivity contribution >= 4 is 38.3 Å². The van der Waals surface area contributed by atoms with Crippen molar-refractivity contribution in [2.75, 3.05) is 23.0 Å². The van der Waals surface area contributed by atoms with Gasteiger partial charge in [0.05, 0.1) is 28.1 Å². The van der Waals surface area contributed by atoms with Gasteiger partial charge in [-0.1, -0.05) is 43.7 Å². The Balaban J connectivity index is 1.70. The predicted octanol–water partition coefficient (Wildman–Crippen LogP) is 2.83. The average Bonchev–Trinajstić information content (AvgIpc) is 3.42. The normalized spacial score (nSPS) is 24.5. The molecule has 1 saturated heterocycles. The number of hydrogen-bond acceptors (Lipinski definition) is 6. The van der Waals surface area contributed by atoms with Crippen molar-refractivity contribution in [2.24, 2.45) is 0 Å². The van der Waals surface area contributed by atoms with Crippen LogP contribution in [-0.4, -0.2) is 49.2 Å². The van der Waals surface area contributed by atoms with Crippen LogP contribution in [0.5, 0.6) is 0 Å². The molecule has 0 bridgehead atoms. The zero-order valence-corrected chi connectivity index (χ0v) is 20.0. The minimum atomic E-state index is -3.39. The van der Waals surface area contributed by atoms with E-state index >= 15 is 0 Å². The van der Waals surface area contributed by atoms with Crippen molar-refractivity contribution in [3.63, 3.8) is 0 Å². The monoisotopic (exact) mass is 492 g/mol. The van der Waals surface area contributed by atoms with E-state index in [-0.39, 0.29) is 40.2 Å². The number of rotatable bonds is 4. The lowest BCUT2D eigenvalue weighted by Crippen LogP contribution is -2.57. The van der Waals surface area contributed by atoms with E-state index in [4.69, 9.17) is 4.42 Å². The molecule has 0 N–H and O–H groups in total. The summed E-state index contributed by atoms with van der Waals surface area (Å²) in [4.78, 5) is 45.3. The van der Waals surface area contributed by atoms with E-state index in [1.54, 1.807) is 41.3 Å². The number of nitrogens with zero attached hydrogens (tertiary/aromatic N) is 2. The summed E-state index contributed by atoms with van der Waals surface area (Å²) in [6, 6.07) is 13.0. The van der Waals surface area contributed by atoms with Crippen molar-refractivity contribution in [2.45, 2.75) is 37.8 Å². The maximum atomic E-state index is 14.4. The zero-order chi connectivity index (χ0) is 24.5. The number of unbranched alkanes of at least 4 members (excludes halogenated alkanes) is 1. The van der Waals surface area contributed by atoms with Crippen LogP contribution >= 0.6 is 0 Å². The van der Waals surface area contributed by atoms with E-state index in [1.165, 1.54) is 4.90 Å². The maximum Gasteiger partial charge on any atom is 0.291 e. The minimum absolute atomic E-state index is 0.0121. The lowest BCUT2D eigenvalue weighted by atomic mass is 9.83. The third-order valence-electron chi connectivity index (χ3n) is 7.38. The Kier molecular flexibility index (Phi) is 4.73. The second kappa shape index (κ2) is 7.52. The van der Waals surface area contributed by atoms with E-state index in [0.717, 1.165) is 12.8 Å². The molecule has 35 heavy (non-hydrogen) atoms. The number of carbonyl (C=O) groups is 2. The Bertz CT molecular complexity index is 1580. The zero-order valence-electron chi connectivity index (χ0n) is 19.2. The Morgan fingerprint density at radius 3 is 2.54 bits per heavy atom. The molecule has 1 fully saturated rings. The van der Waals surface area contributed by atoms with Gasteiger partial charge in [-0.3, -0.25) is 14.4 Å². The standard InChI is InChI=1S/C26H24N2O6S/c1-2-3-13-27-19-10-6-5-9-18(19)26(25(27)31)21-22(29)17-8-4-7-11-20(17)34-23(21)24(30)28(26)16-12-14-35(32,33)15-16/h4-11,16H,2-3,12-15H2,1H3/t16-,26+/m1/s1. The molecule has 0 aliphatic carbocycles. The number of hydrogen-bond donors (Lipinski definition) is 0. The summed E-state index contributed by atoms with van der Waals surface area (Å²) in [6.45, 7) is 2.44. The van der Waals surface area contributed by atoms with Crippen LogP contribution < -0.4 is 10.3 Å². The molecule has 8 nitrogen and oxygen atoms in total. The molecule has 1 aromatic heterocycles. The fraction of sp³-hybridized carbons (Fsp3) is 0.346. The van der Waals surface area contributed by atoms with Crippen LogP contribution in [0, 0.1) is 0 Å². The fourth-order valence-electron chi connectivity index (χ4n) is 5.87. The third-order valence-corrected chi connectivity index (χ3v) is 9.13. The van der Waals surface area contributed by atoms with Gasteiger partial charge < -0.3 is 14.2 Å². The van der Waals surface area contributed by atoms with Gasteiger partial charge in [0.1, 0.15) is 5.58 Å². The molecule has 2 aromatic carbocycles. The molecule has 1 spiro atoms. The first-order valence-corrected chi connectivity index (χ1v) is 13.6. The first kappa shape index (κ1) is 22.0. The Morgan fingerprint density at radius 1 is 1.06 bits per heavy atom. The van der Waals surface area contributed by atoms with Crippen molar-refractivity contribution in [1.29, 1.82) is 0 Å². The highest BCUT2D eigenvalue weighted by molar-refractivity contribution is 7.91. The molecular weight excluding hydrogens is 468 g/mol. The molecule has 180 valence electrons. The Hall–Kier alpha value is -3.46. The number of para-hydroxylation sites is 2. The predicted molar refractivity (Wildman–Crippen MR) is 130 cm³/mol. The van der Waals surface area contributed by atoms with Gasteiger partial charge in [-0.2, -0.15) is 0 Å². The van der Waals surface area contributed by atoms with Gasteiger partial charge in [0.25, 0.3) is 11.8 Å². The smallest absolute Gasteiger partial charge is 0.291 e. The van der Waals surface area contributed by atoms with Crippen molar-refractivity contribution in [1.82, 2.24) is 4.90 Å².